The predicted molar refractivity (Wildman–Crippen MR) is 63.4 cm³/mol. The van der Waals surface area contributed by atoms with E-state index in [1.54, 1.807) is 24.4 Å². The number of ether oxygens (including phenoxy) is 1. The number of hydrogen-bond acceptors (Lipinski definition) is 3. The molecule has 0 aliphatic rings. The minimum atomic E-state index is -4.69. The van der Waals surface area contributed by atoms with Crippen LogP contribution in [0.5, 0.6) is 5.75 Å². The molecule has 2 rings (SSSR count). The first-order valence-electron chi connectivity index (χ1n) is 5.48. The average Bonchev–Trinajstić information content (AvgIpc) is 2.38. The monoisotopic (exact) mass is 268 g/mol. The van der Waals surface area contributed by atoms with Gasteiger partial charge in [0.15, 0.2) is 0 Å². The van der Waals surface area contributed by atoms with Crippen molar-refractivity contribution >= 4 is 0 Å². The lowest BCUT2D eigenvalue weighted by molar-refractivity contribution is -0.274. The molecule has 3 nitrogen and oxygen atoms in total. The van der Waals surface area contributed by atoms with Crippen LogP contribution in [0.15, 0.2) is 48.7 Å². The molecular formula is C13H11F3N2O. The zero-order valence-electron chi connectivity index (χ0n) is 9.76. The molecule has 0 fully saturated rings. The maximum Gasteiger partial charge on any atom is 0.573 e. The SMILES string of the molecule is N[C@H](c1ccc(OC(F)(F)F)cc1)c1ccccn1. The van der Waals surface area contributed by atoms with Crippen LogP contribution in [0.3, 0.4) is 0 Å². The Bertz CT molecular complexity index is 526. The standard InChI is InChI=1S/C13H11F3N2O/c14-13(15,16)19-10-6-4-9(5-7-10)12(17)11-3-1-2-8-18-11/h1-8,12H,17H2/t12-/m1/s1. The van der Waals surface area contributed by atoms with Crippen molar-refractivity contribution in [3.63, 3.8) is 0 Å². The second kappa shape index (κ2) is 5.27. The van der Waals surface area contributed by atoms with Crippen LogP contribution in [-0.2, 0) is 0 Å². The number of benzene rings is 1. The summed E-state index contributed by atoms with van der Waals surface area (Å²) in [5.74, 6) is -0.274. The molecule has 0 bridgehead atoms. The van der Waals surface area contributed by atoms with Crippen molar-refractivity contribution < 1.29 is 17.9 Å². The summed E-state index contributed by atoms with van der Waals surface area (Å²) in [4.78, 5) is 4.10. The number of aromatic nitrogens is 1. The van der Waals surface area contributed by atoms with Crippen LogP contribution in [-0.4, -0.2) is 11.3 Å². The van der Waals surface area contributed by atoms with E-state index in [9.17, 15) is 13.2 Å². The Morgan fingerprint density at radius 1 is 1.05 bits per heavy atom. The summed E-state index contributed by atoms with van der Waals surface area (Å²) in [5, 5.41) is 0. The lowest BCUT2D eigenvalue weighted by atomic mass is 10.0. The Hall–Kier alpha value is -2.08. The van der Waals surface area contributed by atoms with Gasteiger partial charge in [0.1, 0.15) is 5.75 Å². The van der Waals surface area contributed by atoms with Gasteiger partial charge in [-0.15, -0.1) is 13.2 Å². The number of nitrogens with two attached hydrogens (primary N) is 1. The highest BCUT2D eigenvalue weighted by Crippen LogP contribution is 2.25. The molecule has 0 unspecified atom stereocenters. The van der Waals surface area contributed by atoms with Gasteiger partial charge in [0.25, 0.3) is 0 Å². The second-order valence-electron chi connectivity index (χ2n) is 3.85. The average molecular weight is 268 g/mol. The van der Waals surface area contributed by atoms with Crippen LogP contribution >= 0.6 is 0 Å². The van der Waals surface area contributed by atoms with E-state index in [4.69, 9.17) is 5.73 Å². The quantitative estimate of drug-likeness (QED) is 0.930. The van der Waals surface area contributed by atoms with Crippen molar-refractivity contribution in [2.24, 2.45) is 5.73 Å². The summed E-state index contributed by atoms with van der Waals surface area (Å²) >= 11 is 0. The molecule has 0 aliphatic heterocycles. The van der Waals surface area contributed by atoms with Crippen molar-refractivity contribution in [3.8, 4) is 5.75 Å². The molecule has 0 aliphatic carbocycles. The zero-order chi connectivity index (χ0) is 13.9. The first-order valence-corrected chi connectivity index (χ1v) is 5.48. The van der Waals surface area contributed by atoms with Crippen LogP contribution in [0.2, 0.25) is 0 Å². The van der Waals surface area contributed by atoms with E-state index >= 15 is 0 Å². The second-order valence-corrected chi connectivity index (χ2v) is 3.85. The highest BCUT2D eigenvalue weighted by atomic mass is 19.4. The van der Waals surface area contributed by atoms with E-state index in [1.807, 2.05) is 0 Å². The van der Waals surface area contributed by atoms with Crippen molar-refractivity contribution in [1.82, 2.24) is 4.98 Å². The van der Waals surface area contributed by atoms with Gasteiger partial charge in [-0.25, -0.2) is 0 Å². The zero-order valence-corrected chi connectivity index (χ0v) is 9.76. The molecule has 19 heavy (non-hydrogen) atoms. The number of nitrogens with zero attached hydrogens (tertiary/aromatic N) is 1. The van der Waals surface area contributed by atoms with Crippen molar-refractivity contribution in [2.45, 2.75) is 12.4 Å². The van der Waals surface area contributed by atoms with E-state index < -0.39 is 12.4 Å². The van der Waals surface area contributed by atoms with Gasteiger partial charge >= 0.3 is 6.36 Å². The fraction of sp³-hybridized carbons (Fsp3) is 0.154. The smallest absolute Gasteiger partial charge is 0.406 e. The van der Waals surface area contributed by atoms with Gasteiger partial charge in [0.2, 0.25) is 0 Å². The Kier molecular flexibility index (Phi) is 3.71. The maximum absolute atomic E-state index is 12.0. The number of halogens is 3. The molecule has 0 amide bonds. The summed E-state index contributed by atoms with van der Waals surface area (Å²) < 4.78 is 39.8. The highest BCUT2D eigenvalue weighted by Gasteiger charge is 2.31. The third kappa shape index (κ3) is 3.69. The molecule has 1 aromatic heterocycles. The number of rotatable bonds is 3. The van der Waals surface area contributed by atoms with Gasteiger partial charge < -0.3 is 10.5 Å². The van der Waals surface area contributed by atoms with E-state index in [-0.39, 0.29) is 5.75 Å². The van der Waals surface area contributed by atoms with Gasteiger partial charge in [-0.05, 0) is 29.8 Å². The van der Waals surface area contributed by atoms with Crippen molar-refractivity contribution in [1.29, 1.82) is 0 Å². The van der Waals surface area contributed by atoms with Crippen LogP contribution < -0.4 is 10.5 Å². The summed E-state index contributed by atoms with van der Waals surface area (Å²) in [6.07, 6.45) is -3.08. The summed E-state index contributed by atoms with van der Waals surface area (Å²) in [6, 6.07) is 10.3. The maximum atomic E-state index is 12.0. The first-order chi connectivity index (χ1) is 8.96. The molecule has 1 aromatic carbocycles. The van der Waals surface area contributed by atoms with Crippen molar-refractivity contribution in [3.05, 3.63) is 59.9 Å². The number of hydrogen-bond donors (Lipinski definition) is 1. The van der Waals surface area contributed by atoms with Crippen LogP contribution in [0.4, 0.5) is 13.2 Å². The number of alkyl halides is 3. The Morgan fingerprint density at radius 2 is 1.74 bits per heavy atom. The highest BCUT2D eigenvalue weighted by molar-refractivity contribution is 5.32. The molecule has 0 radical (unpaired) electrons. The van der Waals surface area contributed by atoms with E-state index in [2.05, 4.69) is 9.72 Å². The molecule has 100 valence electrons. The third-order valence-electron chi connectivity index (χ3n) is 2.48. The predicted octanol–water partition coefficient (Wildman–Crippen LogP) is 3.03. The molecule has 6 heteroatoms. The van der Waals surface area contributed by atoms with E-state index in [1.165, 1.54) is 24.3 Å². The van der Waals surface area contributed by atoms with Crippen molar-refractivity contribution in [2.75, 3.05) is 0 Å². The van der Waals surface area contributed by atoms with Gasteiger partial charge in [-0.2, -0.15) is 0 Å². The van der Waals surface area contributed by atoms with E-state index in [0.29, 0.717) is 11.3 Å². The molecule has 2 aromatic rings. The normalized spacial score (nSPS) is 13.1. The lowest BCUT2D eigenvalue weighted by Crippen LogP contribution is -2.17. The minimum absolute atomic E-state index is 0.274. The summed E-state index contributed by atoms with van der Waals surface area (Å²) in [7, 11) is 0. The fourth-order valence-electron chi connectivity index (χ4n) is 1.61. The Morgan fingerprint density at radius 3 is 2.26 bits per heavy atom. The largest absolute Gasteiger partial charge is 0.573 e. The Balaban J connectivity index is 2.15. The van der Waals surface area contributed by atoms with Crippen LogP contribution in [0.25, 0.3) is 0 Å². The fourth-order valence-corrected chi connectivity index (χ4v) is 1.61. The van der Waals surface area contributed by atoms with Gasteiger partial charge in [0.05, 0.1) is 11.7 Å². The molecular weight excluding hydrogens is 257 g/mol. The molecule has 0 saturated heterocycles. The minimum Gasteiger partial charge on any atom is -0.406 e. The molecule has 0 spiro atoms. The number of pyridine rings is 1. The first kappa shape index (κ1) is 13.4. The Labute approximate surface area is 107 Å². The molecule has 1 atom stereocenters. The van der Waals surface area contributed by atoms with E-state index in [0.717, 1.165) is 0 Å². The molecule has 1 heterocycles. The summed E-state index contributed by atoms with van der Waals surface area (Å²) in [5.41, 5.74) is 7.27. The summed E-state index contributed by atoms with van der Waals surface area (Å²) in [6.45, 7) is 0. The topological polar surface area (TPSA) is 48.1 Å². The van der Waals surface area contributed by atoms with Crippen LogP contribution in [0.1, 0.15) is 17.3 Å². The van der Waals surface area contributed by atoms with Gasteiger partial charge in [0, 0.05) is 6.20 Å². The third-order valence-corrected chi connectivity index (χ3v) is 2.48. The van der Waals surface area contributed by atoms with Gasteiger partial charge in [-0.3, -0.25) is 4.98 Å². The molecule has 0 saturated carbocycles. The molecule has 2 N–H and O–H groups in total. The lowest BCUT2D eigenvalue weighted by Gasteiger charge is -2.13. The van der Waals surface area contributed by atoms with Gasteiger partial charge in [-0.1, -0.05) is 18.2 Å². The van der Waals surface area contributed by atoms with Crippen LogP contribution in [0, 0.1) is 0 Å².